The van der Waals surface area contributed by atoms with Gasteiger partial charge in [-0.25, -0.2) is 4.68 Å². The van der Waals surface area contributed by atoms with Crippen LogP contribution in [0.15, 0.2) is 46.2 Å². The van der Waals surface area contributed by atoms with Gasteiger partial charge < -0.3 is 14.9 Å². The van der Waals surface area contributed by atoms with Crippen LogP contribution in [0, 0.1) is 0 Å². The van der Waals surface area contributed by atoms with Crippen LogP contribution in [-0.2, 0) is 6.54 Å². The normalized spacial score (nSPS) is 14.9. The Labute approximate surface area is 187 Å². The van der Waals surface area contributed by atoms with Crippen molar-refractivity contribution in [2.24, 2.45) is 4.99 Å². The summed E-state index contributed by atoms with van der Waals surface area (Å²) in [5.74, 6) is 0.0686. The van der Waals surface area contributed by atoms with E-state index in [2.05, 4.69) is 23.6 Å². The Morgan fingerprint density at radius 1 is 0.938 bits per heavy atom. The van der Waals surface area contributed by atoms with Gasteiger partial charge >= 0.3 is 0 Å². The average molecular weight is 434 g/mol. The van der Waals surface area contributed by atoms with Crippen LogP contribution < -0.4 is 10.8 Å². The first kappa shape index (κ1) is 22.2. The number of hydrogen-bond donors (Lipinski definition) is 1. The fourth-order valence-corrected chi connectivity index (χ4v) is 3.89. The number of rotatable bonds is 6. The number of aromatic hydroxyl groups is 1. The predicted octanol–water partition coefficient (Wildman–Crippen LogP) is 2.65. The van der Waals surface area contributed by atoms with Crippen LogP contribution >= 0.6 is 0 Å². The zero-order valence-corrected chi connectivity index (χ0v) is 19.6. The fourth-order valence-electron chi connectivity index (χ4n) is 3.89. The second kappa shape index (κ2) is 8.48. The SMILES string of the molecule is CC(CN=c1ccc2c(O)n(CC(C)N(C)C)nc3c4ccccc4c(=O)c1c23)N(C)C. The molecule has 0 fully saturated rings. The Hall–Kier alpha value is -3.03. The van der Waals surface area contributed by atoms with Crippen LogP contribution in [0.5, 0.6) is 5.88 Å². The highest BCUT2D eigenvalue weighted by atomic mass is 16.3. The Balaban J connectivity index is 2.10. The number of nitrogens with zero attached hydrogens (tertiary/aromatic N) is 5. The van der Waals surface area contributed by atoms with Gasteiger partial charge in [0.05, 0.1) is 23.8 Å². The highest BCUT2D eigenvalue weighted by Gasteiger charge is 2.20. The Bertz CT molecular complexity index is 1410. The molecule has 1 heterocycles. The van der Waals surface area contributed by atoms with Crippen LogP contribution in [0.2, 0.25) is 0 Å². The topological polar surface area (TPSA) is 74.0 Å². The molecule has 4 aromatic rings. The first-order valence-corrected chi connectivity index (χ1v) is 10.9. The Morgan fingerprint density at radius 3 is 2.25 bits per heavy atom. The van der Waals surface area contributed by atoms with Crippen LogP contribution in [0.3, 0.4) is 0 Å². The minimum atomic E-state index is -0.0736. The largest absolute Gasteiger partial charge is 0.493 e. The molecule has 0 saturated heterocycles. The zero-order chi connectivity index (χ0) is 23.2. The van der Waals surface area contributed by atoms with Crippen molar-refractivity contribution in [1.29, 1.82) is 0 Å². The standard InChI is InChI=1S/C25H31N5O2/c1-15(28(3)4)13-26-20-12-11-19-21-22(20)24(31)18-10-8-7-9-17(18)23(21)27-30(25(19)32)14-16(2)29(5)6/h7-12,15-16,32H,13-14H2,1-6H3. The van der Waals surface area contributed by atoms with Crippen LogP contribution in [0.1, 0.15) is 13.8 Å². The molecule has 0 amide bonds. The van der Waals surface area contributed by atoms with Gasteiger partial charge in [0.1, 0.15) is 5.52 Å². The minimum Gasteiger partial charge on any atom is -0.493 e. The summed E-state index contributed by atoms with van der Waals surface area (Å²) in [6.45, 7) is 5.28. The summed E-state index contributed by atoms with van der Waals surface area (Å²) in [4.78, 5) is 22.5. The van der Waals surface area contributed by atoms with E-state index in [1.165, 1.54) is 0 Å². The lowest BCUT2D eigenvalue weighted by Gasteiger charge is -2.22. The second-order valence-corrected chi connectivity index (χ2v) is 9.08. The molecular formula is C25H31N5O2. The number of benzene rings is 3. The summed E-state index contributed by atoms with van der Waals surface area (Å²) >= 11 is 0. The molecule has 0 radical (unpaired) electrons. The third-order valence-electron chi connectivity index (χ3n) is 6.51. The maximum atomic E-state index is 13.6. The fraction of sp³-hybridized carbons (Fsp3) is 0.400. The minimum absolute atomic E-state index is 0.0686. The molecule has 7 nitrogen and oxygen atoms in total. The van der Waals surface area contributed by atoms with Gasteiger partial charge in [-0.2, -0.15) is 5.10 Å². The van der Waals surface area contributed by atoms with Gasteiger partial charge in [0, 0.05) is 33.6 Å². The molecule has 0 saturated carbocycles. The van der Waals surface area contributed by atoms with Crippen molar-refractivity contribution in [3.63, 3.8) is 0 Å². The van der Waals surface area contributed by atoms with Crippen molar-refractivity contribution in [2.75, 3.05) is 34.7 Å². The lowest BCUT2D eigenvalue weighted by Crippen LogP contribution is -2.30. The third-order valence-corrected chi connectivity index (χ3v) is 6.51. The van der Waals surface area contributed by atoms with Crippen LogP contribution in [0.25, 0.3) is 32.4 Å². The van der Waals surface area contributed by atoms with Crippen LogP contribution in [0.4, 0.5) is 0 Å². The molecule has 0 aliphatic rings. The van der Waals surface area contributed by atoms with Gasteiger partial charge in [-0.15, -0.1) is 0 Å². The van der Waals surface area contributed by atoms with Gasteiger partial charge in [0.2, 0.25) is 5.88 Å². The number of aromatic nitrogens is 2. The number of fused-ring (bicyclic) bond motifs is 2. The average Bonchev–Trinajstić information content (AvgIpc) is 2.77. The summed E-state index contributed by atoms with van der Waals surface area (Å²) < 4.78 is 1.64. The van der Waals surface area contributed by atoms with E-state index in [1.807, 2.05) is 64.6 Å². The van der Waals surface area contributed by atoms with Gasteiger partial charge in [0.15, 0.2) is 5.43 Å². The molecule has 0 spiro atoms. The molecule has 0 bridgehead atoms. The van der Waals surface area contributed by atoms with Crippen molar-refractivity contribution >= 4 is 32.4 Å². The van der Waals surface area contributed by atoms with E-state index in [9.17, 15) is 9.90 Å². The van der Waals surface area contributed by atoms with E-state index in [0.717, 1.165) is 5.39 Å². The molecule has 7 heteroatoms. The molecular weight excluding hydrogens is 402 g/mol. The molecule has 0 aliphatic heterocycles. The number of likely N-dealkylation sites (N-methyl/N-ethyl adjacent to an activating group) is 2. The molecule has 168 valence electrons. The third kappa shape index (κ3) is 3.72. The van der Waals surface area contributed by atoms with E-state index < -0.39 is 0 Å². The maximum absolute atomic E-state index is 13.6. The van der Waals surface area contributed by atoms with Crippen molar-refractivity contribution < 1.29 is 5.11 Å². The predicted molar refractivity (Wildman–Crippen MR) is 131 cm³/mol. The molecule has 0 aliphatic carbocycles. The van der Waals surface area contributed by atoms with Gasteiger partial charge in [-0.3, -0.25) is 9.79 Å². The molecule has 1 N–H and O–H groups in total. The monoisotopic (exact) mass is 433 g/mol. The summed E-state index contributed by atoms with van der Waals surface area (Å²) in [7, 11) is 8.03. The first-order chi connectivity index (χ1) is 15.2. The summed E-state index contributed by atoms with van der Waals surface area (Å²) in [5.41, 5.74) is 0.641. The van der Waals surface area contributed by atoms with Gasteiger partial charge in [0.25, 0.3) is 0 Å². The summed E-state index contributed by atoms with van der Waals surface area (Å²) in [6.07, 6.45) is 0. The quantitative estimate of drug-likeness (QED) is 0.374. The Morgan fingerprint density at radius 2 is 1.59 bits per heavy atom. The second-order valence-electron chi connectivity index (χ2n) is 9.08. The Kier molecular flexibility index (Phi) is 5.88. The highest BCUT2D eigenvalue weighted by molar-refractivity contribution is 6.20. The van der Waals surface area contributed by atoms with E-state index in [0.29, 0.717) is 45.5 Å². The lowest BCUT2D eigenvalue weighted by molar-refractivity contribution is 0.262. The van der Waals surface area contributed by atoms with E-state index in [-0.39, 0.29) is 23.4 Å². The number of hydrogen-bond acceptors (Lipinski definition) is 6. The van der Waals surface area contributed by atoms with Crippen molar-refractivity contribution in [2.45, 2.75) is 32.5 Å². The first-order valence-electron chi connectivity index (χ1n) is 10.9. The van der Waals surface area contributed by atoms with Crippen molar-refractivity contribution in [3.8, 4) is 5.88 Å². The summed E-state index contributed by atoms with van der Waals surface area (Å²) in [5, 5.41) is 19.8. The van der Waals surface area contributed by atoms with Gasteiger partial charge in [-0.1, -0.05) is 24.3 Å². The lowest BCUT2D eigenvalue weighted by atomic mass is 9.98. The smallest absolute Gasteiger partial charge is 0.215 e. The van der Waals surface area contributed by atoms with E-state index >= 15 is 0 Å². The highest BCUT2D eigenvalue weighted by Crippen LogP contribution is 2.32. The van der Waals surface area contributed by atoms with Crippen LogP contribution in [-0.4, -0.2) is 71.5 Å². The molecule has 3 aromatic carbocycles. The maximum Gasteiger partial charge on any atom is 0.215 e. The molecule has 4 rings (SSSR count). The molecule has 2 unspecified atom stereocenters. The molecule has 1 aromatic heterocycles. The van der Waals surface area contributed by atoms with E-state index in [1.54, 1.807) is 4.68 Å². The molecule has 32 heavy (non-hydrogen) atoms. The van der Waals surface area contributed by atoms with Crippen molar-refractivity contribution in [3.05, 3.63) is 52.0 Å². The summed E-state index contributed by atoms with van der Waals surface area (Å²) in [6, 6.07) is 11.7. The van der Waals surface area contributed by atoms with Crippen molar-refractivity contribution in [1.82, 2.24) is 19.6 Å². The molecule has 2 atom stereocenters. The zero-order valence-electron chi connectivity index (χ0n) is 19.6. The van der Waals surface area contributed by atoms with Gasteiger partial charge in [-0.05, 0) is 54.2 Å². The van der Waals surface area contributed by atoms with E-state index in [4.69, 9.17) is 10.1 Å².